The van der Waals surface area contributed by atoms with Crippen LogP contribution in [-0.4, -0.2) is 39.6 Å². The van der Waals surface area contributed by atoms with Crippen LogP contribution in [0.25, 0.3) is 10.9 Å². The van der Waals surface area contributed by atoms with E-state index in [2.05, 4.69) is 63.7 Å². The summed E-state index contributed by atoms with van der Waals surface area (Å²) in [6.45, 7) is 10.3. The molecule has 1 fully saturated rings. The van der Waals surface area contributed by atoms with Gasteiger partial charge < -0.3 is 20.9 Å². The molecule has 0 aliphatic carbocycles. The fourth-order valence-corrected chi connectivity index (χ4v) is 4.99. The van der Waals surface area contributed by atoms with E-state index >= 15 is 0 Å². The van der Waals surface area contributed by atoms with Gasteiger partial charge in [0.2, 0.25) is 5.95 Å². The van der Waals surface area contributed by atoms with Crippen LogP contribution in [-0.2, 0) is 0 Å². The molecule has 2 aromatic heterocycles. The van der Waals surface area contributed by atoms with Gasteiger partial charge in [-0.3, -0.25) is 0 Å². The first-order valence-corrected chi connectivity index (χ1v) is 13.1. The molecule has 1 saturated heterocycles. The van der Waals surface area contributed by atoms with Crippen molar-refractivity contribution in [2.75, 3.05) is 28.6 Å². The highest BCUT2D eigenvalue weighted by molar-refractivity contribution is 5.98. The first-order chi connectivity index (χ1) is 18.3. The van der Waals surface area contributed by atoms with Gasteiger partial charge in [0.25, 0.3) is 0 Å². The molecule has 194 valence electrons. The van der Waals surface area contributed by atoms with Crippen LogP contribution >= 0.6 is 0 Å². The van der Waals surface area contributed by atoms with Crippen LogP contribution in [0.3, 0.4) is 0 Å². The van der Waals surface area contributed by atoms with Crippen molar-refractivity contribution >= 4 is 39.7 Å². The van der Waals surface area contributed by atoms with Crippen molar-refractivity contribution in [1.29, 1.82) is 5.26 Å². The van der Waals surface area contributed by atoms with Crippen molar-refractivity contribution in [3.05, 3.63) is 72.1 Å². The van der Waals surface area contributed by atoms with Gasteiger partial charge in [0.15, 0.2) is 5.82 Å². The zero-order chi connectivity index (χ0) is 26.7. The van der Waals surface area contributed by atoms with Crippen LogP contribution in [0.15, 0.2) is 60.8 Å². The zero-order valence-corrected chi connectivity index (χ0v) is 22.4. The Labute approximate surface area is 224 Å². The van der Waals surface area contributed by atoms with Gasteiger partial charge in [-0.2, -0.15) is 5.26 Å². The maximum Gasteiger partial charge on any atom is 0.227 e. The molecule has 2 aromatic carbocycles. The number of fused-ring (bicyclic) bond motifs is 1. The molecule has 0 bridgehead atoms. The number of aromatic nitrogens is 3. The Bertz CT molecular complexity index is 1460. The quantitative estimate of drug-likeness (QED) is 0.291. The van der Waals surface area contributed by atoms with Crippen molar-refractivity contribution in [3.8, 4) is 6.07 Å². The van der Waals surface area contributed by atoms with Crippen LogP contribution in [0, 0.1) is 18.3 Å². The average molecular weight is 507 g/mol. The fourth-order valence-electron chi connectivity index (χ4n) is 4.99. The normalized spacial score (nSPS) is 14.3. The Hall–Kier alpha value is -4.22. The molecule has 8 nitrogen and oxygen atoms in total. The van der Waals surface area contributed by atoms with Gasteiger partial charge in [0.1, 0.15) is 11.6 Å². The largest absolute Gasteiger partial charge is 0.370 e. The lowest BCUT2D eigenvalue weighted by Crippen LogP contribution is -2.49. The predicted octanol–water partition coefficient (Wildman–Crippen LogP) is 6.05. The second-order valence-electron chi connectivity index (χ2n) is 10.8. The molecule has 3 N–H and O–H groups in total. The minimum atomic E-state index is 0.0865. The van der Waals surface area contributed by atoms with E-state index in [1.54, 1.807) is 6.20 Å². The van der Waals surface area contributed by atoms with E-state index in [1.807, 2.05) is 55.5 Å². The number of nitriles is 1. The molecule has 0 saturated carbocycles. The summed E-state index contributed by atoms with van der Waals surface area (Å²) in [5.41, 5.74) is 5.11. The Morgan fingerprint density at radius 3 is 2.26 bits per heavy atom. The van der Waals surface area contributed by atoms with Crippen LogP contribution in [0.2, 0.25) is 0 Å². The number of nitrogens with zero attached hydrogens (tertiary/aromatic N) is 5. The molecule has 1 aliphatic rings. The second kappa shape index (κ2) is 10.6. The van der Waals surface area contributed by atoms with E-state index in [4.69, 9.17) is 4.98 Å². The third-order valence-electron chi connectivity index (χ3n) is 6.62. The molecular formula is C30H34N8. The minimum Gasteiger partial charge on any atom is -0.370 e. The summed E-state index contributed by atoms with van der Waals surface area (Å²) in [5.74, 6) is 1.12. The zero-order valence-electron chi connectivity index (χ0n) is 22.4. The molecule has 4 aromatic rings. The van der Waals surface area contributed by atoms with Gasteiger partial charge in [0, 0.05) is 53.3 Å². The van der Waals surface area contributed by atoms with Crippen molar-refractivity contribution in [2.24, 2.45) is 0 Å². The molecule has 0 spiro atoms. The van der Waals surface area contributed by atoms with Crippen LogP contribution < -0.4 is 20.9 Å². The lowest BCUT2D eigenvalue weighted by atomic mass is 9.98. The van der Waals surface area contributed by atoms with Crippen molar-refractivity contribution in [3.63, 3.8) is 0 Å². The van der Waals surface area contributed by atoms with Gasteiger partial charge in [-0.15, -0.1) is 0 Å². The molecular weight excluding hydrogens is 472 g/mol. The fraction of sp³-hybridized carbons (Fsp3) is 0.333. The number of para-hydroxylation sites is 1. The van der Waals surface area contributed by atoms with Crippen LogP contribution in [0.4, 0.5) is 28.8 Å². The van der Waals surface area contributed by atoms with Gasteiger partial charge in [-0.25, -0.2) is 15.0 Å². The van der Waals surface area contributed by atoms with Gasteiger partial charge in [-0.05, 0) is 76.9 Å². The first kappa shape index (κ1) is 25.4. The topological polar surface area (TPSA) is 102 Å². The van der Waals surface area contributed by atoms with Crippen molar-refractivity contribution < 1.29 is 0 Å². The van der Waals surface area contributed by atoms with E-state index in [0.29, 0.717) is 23.4 Å². The number of hydrogen-bond acceptors (Lipinski definition) is 8. The molecule has 0 radical (unpaired) electrons. The average Bonchev–Trinajstić information content (AvgIpc) is 2.89. The summed E-state index contributed by atoms with van der Waals surface area (Å²) in [6.07, 6.45) is 3.79. The lowest BCUT2D eigenvalue weighted by Gasteiger charge is -2.38. The molecule has 0 unspecified atom stereocenters. The Morgan fingerprint density at radius 2 is 1.61 bits per heavy atom. The molecule has 5 rings (SSSR count). The smallest absolute Gasteiger partial charge is 0.227 e. The third kappa shape index (κ3) is 5.84. The summed E-state index contributed by atoms with van der Waals surface area (Å²) in [4.78, 5) is 15.9. The second-order valence-corrected chi connectivity index (χ2v) is 10.8. The highest BCUT2D eigenvalue weighted by Crippen LogP contribution is 2.36. The monoisotopic (exact) mass is 506 g/mol. The molecule has 3 heterocycles. The molecule has 0 atom stereocenters. The number of rotatable bonds is 6. The molecule has 1 aliphatic heterocycles. The summed E-state index contributed by atoms with van der Waals surface area (Å²) in [6, 6.07) is 20.7. The summed E-state index contributed by atoms with van der Waals surface area (Å²) in [7, 11) is 0. The summed E-state index contributed by atoms with van der Waals surface area (Å²) in [5, 5.41) is 21.7. The molecule has 38 heavy (non-hydrogen) atoms. The SMILES string of the molecule is Cc1ccnc(Nc2ccc(Nc3nc4ccccc4c(N4CCC(NC(C)(C)C)CC4)c3C#N)cc2)n1. The van der Waals surface area contributed by atoms with Gasteiger partial charge in [0.05, 0.1) is 11.2 Å². The lowest BCUT2D eigenvalue weighted by molar-refractivity contribution is 0.317. The summed E-state index contributed by atoms with van der Waals surface area (Å²) >= 11 is 0. The third-order valence-corrected chi connectivity index (χ3v) is 6.62. The Balaban J connectivity index is 1.41. The van der Waals surface area contributed by atoms with E-state index < -0.39 is 0 Å². The van der Waals surface area contributed by atoms with Crippen LogP contribution in [0.1, 0.15) is 44.9 Å². The molecule has 0 amide bonds. The van der Waals surface area contributed by atoms with E-state index in [9.17, 15) is 5.26 Å². The number of benzene rings is 2. The van der Waals surface area contributed by atoms with Gasteiger partial charge in [-0.1, -0.05) is 18.2 Å². The first-order valence-electron chi connectivity index (χ1n) is 13.1. The minimum absolute atomic E-state index is 0.0865. The maximum atomic E-state index is 10.3. The predicted molar refractivity (Wildman–Crippen MR) is 154 cm³/mol. The number of hydrogen-bond donors (Lipinski definition) is 3. The van der Waals surface area contributed by atoms with E-state index in [-0.39, 0.29) is 5.54 Å². The Morgan fingerprint density at radius 1 is 0.921 bits per heavy atom. The highest BCUT2D eigenvalue weighted by Gasteiger charge is 2.27. The standard InChI is InChI=1S/C30H34N8/c1-20-13-16-32-29(33-20)35-22-11-9-21(10-12-22)34-28-25(19-31)27(24-7-5-6-8-26(24)36-28)38-17-14-23(15-18-38)37-30(2,3)4/h5-13,16,23,37H,14-15,17-18H2,1-4H3,(H,34,36)(H,32,33,35). The van der Waals surface area contributed by atoms with Crippen molar-refractivity contribution in [1.82, 2.24) is 20.3 Å². The van der Waals surface area contributed by atoms with E-state index in [1.165, 1.54) is 0 Å². The van der Waals surface area contributed by atoms with Crippen LogP contribution in [0.5, 0.6) is 0 Å². The van der Waals surface area contributed by atoms with Gasteiger partial charge >= 0.3 is 0 Å². The summed E-state index contributed by atoms with van der Waals surface area (Å²) < 4.78 is 0. The number of nitrogens with one attached hydrogen (secondary N) is 3. The molecule has 8 heteroatoms. The number of pyridine rings is 1. The number of piperidine rings is 1. The maximum absolute atomic E-state index is 10.3. The number of aryl methyl sites for hydroxylation is 1. The number of anilines is 5. The van der Waals surface area contributed by atoms with E-state index in [0.717, 1.165) is 59.6 Å². The Kier molecular flexibility index (Phi) is 7.12. The van der Waals surface area contributed by atoms with Crippen molar-refractivity contribution in [2.45, 2.75) is 52.1 Å². The highest BCUT2D eigenvalue weighted by atomic mass is 15.2.